The van der Waals surface area contributed by atoms with Gasteiger partial charge in [0.1, 0.15) is 0 Å². The summed E-state index contributed by atoms with van der Waals surface area (Å²) in [5.41, 5.74) is 2.11. The molecular formula is C17H15ClN4O2S. The Labute approximate surface area is 154 Å². The van der Waals surface area contributed by atoms with Crippen molar-refractivity contribution in [2.75, 3.05) is 0 Å². The summed E-state index contributed by atoms with van der Waals surface area (Å²) in [5, 5.41) is 20.5. The number of nitrogens with zero attached hydrogens (tertiary/aromatic N) is 4. The van der Waals surface area contributed by atoms with Crippen molar-refractivity contribution in [2.24, 2.45) is 0 Å². The van der Waals surface area contributed by atoms with Gasteiger partial charge in [-0.05, 0) is 37.2 Å². The summed E-state index contributed by atoms with van der Waals surface area (Å²) in [7, 11) is 0. The minimum atomic E-state index is -0.467. The second kappa shape index (κ2) is 7.25. The first kappa shape index (κ1) is 17.4. The molecular weight excluding hydrogens is 360 g/mol. The lowest BCUT2D eigenvalue weighted by Gasteiger charge is -2.09. The zero-order valence-corrected chi connectivity index (χ0v) is 15.2. The Hall–Kier alpha value is -2.38. The third-order valence-electron chi connectivity index (χ3n) is 3.75. The largest absolute Gasteiger partial charge is 0.302 e. The van der Waals surface area contributed by atoms with Gasteiger partial charge in [0.25, 0.3) is 5.69 Å². The molecule has 0 saturated carbocycles. The van der Waals surface area contributed by atoms with Crippen molar-refractivity contribution >= 4 is 29.1 Å². The molecule has 0 bridgehead atoms. The average Bonchev–Trinajstić information content (AvgIpc) is 2.99. The first-order chi connectivity index (χ1) is 12.0. The second-order valence-corrected chi connectivity index (χ2v) is 6.76. The molecule has 128 valence electrons. The van der Waals surface area contributed by atoms with E-state index < -0.39 is 4.92 Å². The summed E-state index contributed by atoms with van der Waals surface area (Å²) in [6.07, 6.45) is 0. The number of benzene rings is 2. The normalized spacial score (nSPS) is 10.8. The number of hydrogen-bond donors (Lipinski definition) is 0. The number of non-ortho nitro benzene ring substituents is 1. The molecule has 2 aromatic carbocycles. The van der Waals surface area contributed by atoms with Gasteiger partial charge in [-0.3, -0.25) is 10.1 Å². The molecule has 0 N–H and O–H groups in total. The van der Waals surface area contributed by atoms with Gasteiger partial charge in [0, 0.05) is 29.1 Å². The highest BCUT2D eigenvalue weighted by Crippen LogP contribution is 2.36. The van der Waals surface area contributed by atoms with Crippen LogP contribution >= 0.6 is 23.4 Å². The molecule has 0 aliphatic heterocycles. The van der Waals surface area contributed by atoms with Gasteiger partial charge in [-0.25, -0.2) is 0 Å². The number of hydrogen-bond acceptors (Lipinski definition) is 5. The molecule has 25 heavy (non-hydrogen) atoms. The Bertz CT molecular complexity index is 942. The van der Waals surface area contributed by atoms with Crippen LogP contribution in [0.3, 0.4) is 0 Å². The van der Waals surface area contributed by atoms with Crippen molar-refractivity contribution in [3.63, 3.8) is 0 Å². The molecule has 0 unspecified atom stereocenters. The van der Waals surface area contributed by atoms with Gasteiger partial charge in [-0.1, -0.05) is 35.9 Å². The quantitative estimate of drug-likeness (QED) is 0.464. The van der Waals surface area contributed by atoms with Crippen LogP contribution in [0.5, 0.6) is 0 Å². The lowest BCUT2D eigenvalue weighted by molar-refractivity contribution is -0.384. The van der Waals surface area contributed by atoms with Crippen LogP contribution in [0.2, 0.25) is 5.02 Å². The first-order valence-corrected chi connectivity index (χ1v) is 8.81. The molecule has 3 aromatic rings. The summed E-state index contributed by atoms with van der Waals surface area (Å²) in [5.74, 6) is 0.793. The molecule has 0 atom stereocenters. The molecule has 6 nitrogen and oxygen atoms in total. The van der Waals surface area contributed by atoms with Crippen molar-refractivity contribution < 1.29 is 4.92 Å². The number of halogens is 1. The van der Waals surface area contributed by atoms with Crippen molar-refractivity contribution in [3.8, 4) is 11.4 Å². The number of rotatable bonds is 5. The molecule has 0 aliphatic carbocycles. The van der Waals surface area contributed by atoms with Crippen LogP contribution in [0.1, 0.15) is 12.5 Å². The highest BCUT2D eigenvalue weighted by Gasteiger charge is 2.17. The maximum Gasteiger partial charge on any atom is 0.270 e. The predicted octanol–water partition coefficient (Wildman–Crippen LogP) is 4.99. The molecule has 0 saturated heterocycles. The summed E-state index contributed by atoms with van der Waals surface area (Å²) >= 11 is 7.53. The highest BCUT2D eigenvalue weighted by molar-refractivity contribution is 7.99. The van der Waals surface area contributed by atoms with Gasteiger partial charge in [0.05, 0.1) is 9.95 Å². The van der Waals surface area contributed by atoms with E-state index in [1.54, 1.807) is 6.07 Å². The Morgan fingerprint density at radius 2 is 2.00 bits per heavy atom. The fraction of sp³-hybridized carbons (Fsp3) is 0.176. The summed E-state index contributed by atoms with van der Waals surface area (Å²) in [6, 6.07) is 12.4. The number of nitro groups is 1. The minimum Gasteiger partial charge on any atom is -0.302 e. The fourth-order valence-electron chi connectivity index (χ4n) is 2.46. The molecule has 0 fully saturated rings. The van der Waals surface area contributed by atoms with Crippen molar-refractivity contribution in [1.82, 2.24) is 14.8 Å². The van der Waals surface area contributed by atoms with Crippen LogP contribution in [0.25, 0.3) is 11.4 Å². The van der Waals surface area contributed by atoms with E-state index in [0.29, 0.717) is 21.6 Å². The molecule has 3 rings (SSSR count). The summed E-state index contributed by atoms with van der Waals surface area (Å²) in [4.78, 5) is 11.1. The predicted molar refractivity (Wildman–Crippen MR) is 98.1 cm³/mol. The van der Waals surface area contributed by atoms with Crippen molar-refractivity contribution in [3.05, 3.63) is 63.2 Å². The number of nitro benzene ring substituents is 1. The molecule has 0 radical (unpaired) electrons. The van der Waals surface area contributed by atoms with E-state index in [-0.39, 0.29) is 5.69 Å². The SMILES string of the molecule is CCn1c(Sc2ccc([N+](=O)[O-])cc2Cl)nnc1-c1ccccc1C. The molecule has 0 spiro atoms. The van der Waals surface area contributed by atoms with Gasteiger partial charge in [-0.2, -0.15) is 0 Å². The molecule has 1 aromatic heterocycles. The van der Waals surface area contributed by atoms with E-state index in [4.69, 9.17) is 11.6 Å². The Morgan fingerprint density at radius 1 is 1.24 bits per heavy atom. The van der Waals surface area contributed by atoms with Crippen LogP contribution in [0.15, 0.2) is 52.5 Å². The number of aryl methyl sites for hydroxylation is 1. The van der Waals surface area contributed by atoms with E-state index in [1.165, 1.54) is 23.9 Å². The van der Waals surface area contributed by atoms with Crippen LogP contribution in [0.4, 0.5) is 5.69 Å². The van der Waals surface area contributed by atoms with Gasteiger partial charge in [0.15, 0.2) is 11.0 Å². The maximum absolute atomic E-state index is 10.8. The molecule has 0 amide bonds. The minimum absolute atomic E-state index is 0.0353. The third-order valence-corrected chi connectivity index (χ3v) is 5.23. The Kier molecular flexibility index (Phi) is 5.06. The lowest BCUT2D eigenvalue weighted by Crippen LogP contribution is -2.00. The molecule has 1 heterocycles. The zero-order valence-electron chi connectivity index (χ0n) is 13.6. The van der Waals surface area contributed by atoms with Gasteiger partial charge >= 0.3 is 0 Å². The number of aromatic nitrogens is 3. The highest BCUT2D eigenvalue weighted by atomic mass is 35.5. The zero-order chi connectivity index (χ0) is 18.0. The average molecular weight is 375 g/mol. The van der Waals surface area contributed by atoms with Crippen LogP contribution in [-0.4, -0.2) is 19.7 Å². The summed E-state index contributed by atoms with van der Waals surface area (Å²) < 4.78 is 2.00. The maximum atomic E-state index is 10.8. The molecule has 8 heteroatoms. The van der Waals surface area contributed by atoms with Gasteiger partial charge in [0.2, 0.25) is 0 Å². The monoisotopic (exact) mass is 374 g/mol. The van der Waals surface area contributed by atoms with E-state index in [0.717, 1.165) is 17.0 Å². The fourth-order valence-corrected chi connectivity index (χ4v) is 3.64. The molecule has 0 aliphatic rings. The lowest BCUT2D eigenvalue weighted by atomic mass is 10.1. The van der Waals surface area contributed by atoms with E-state index in [1.807, 2.05) is 42.7 Å². The van der Waals surface area contributed by atoms with Crippen molar-refractivity contribution in [2.45, 2.75) is 30.4 Å². The smallest absolute Gasteiger partial charge is 0.270 e. The van der Waals surface area contributed by atoms with E-state index in [9.17, 15) is 10.1 Å². The van der Waals surface area contributed by atoms with Crippen LogP contribution in [-0.2, 0) is 6.54 Å². The third kappa shape index (κ3) is 3.52. The van der Waals surface area contributed by atoms with Crippen molar-refractivity contribution in [1.29, 1.82) is 0 Å². The standard InChI is InChI=1S/C17H15ClN4O2S/c1-3-21-16(13-7-5-4-6-11(13)2)19-20-17(21)25-15-9-8-12(22(23)24)10-14(15)18/h4-10H,3H2,1-2H3. The van der Waals surface area contributed by atoms with Gasteiger partial charge in [-0.15, -0.1) is 10.2 Å². The van der Waals surface area contributed by atoms with Gasteiger partial charge < -0.3 is 4.57 Å². The first-order valence-electron chi connectivity index (χ1n) is 7.62. The topological polar surface area (TPSA) is 73.8 Å². The second-order valence-electron chi connectivity index (χ2n) is 5.34. The van der Waals surface area contributed by atoms with E-state index in [2.05, 4.69) is 10.2 Å². The summed E-state index contributed by atoms with van der Waals surface area (Å²) in [6.45, 7) is 4.75. The van der Waals surface area contributed by atoms with E-state index >= 15 is 0 Å². The Balaban J connectivity index is 1.97. The Morgan fingerprint density at radius 3 is 2.64 bits per heavy atom. The van der Waals surface area contributed by atoms with Crippen LogP contribution < -0.4 is 0 Å². The van der Waals surface area contributed by atoms with Crippen LogP contribution in [0, 0.1) is 17.0 Å².